The zero-order valence-corrected chi connectivity index (χ0v) is 23.9. The van der Waals surface area contributed by atoms with Crippen molar-refractivity contribution in [3.63, 3.8) is 0 Å². The van der Waals surface area contributed by atoms with Gasteiger partial charge in [0.1, 0.15) is 0 Å². The van der Waals surface area contributed by atoms with Crippen molar-refractivity contribution in [2.75, 3.05) is 0 Å². The first-order valence-electron chi connectivity index (χ1n) is 10.6. The second-order valence-electron chi connectivity index (χ2n) is 9.85. The van der Waals surface area contributed by atoms with Gasteiger partial charge in [0.2, 0.25) is 0 Å². The summed E-state index contributed by atoms with van der Waals surface area (Å²) in [6, 6.07) is 26.8. The molecule has 2 aliphatic rings. The van der Waals surface area contributed by atoms with Crippen molar-refractivity contribution in [3.8, 4) is 11.1 Å². The summed E-state index contributed by atoms with van der Waals surface area (Å²) in [5.41, 5.74) is 10.2. The maximum absolute atomic E-state index is 3.23. The van der Waals surface area contributed by atoms with Crippen LogP contribution >= 0.6 is 24.8 Å². The first kappa shape index (κ1) is 24.5. The van der Waals surface area contributed by atoms with Gasteiger partial charge in [0.15, 0.2) is 0 Å². The first-order chi connectivity index (χ1) is 13.8. The average Bonchev–Trinajstić information content (AvgIpc) is 3.29. The molecule has 0 heterocycles. The van der Waals surface area contributed by atoms with Crippen molar-refractivity contribution >= 4 is 43.8 Å². The van der Waals surface area contributed by atoms with E-state index in [1.807, 2.05) is 0 Å². The van der Waals surface area contributed by atoms with Crippen LogP contribution in [-0.2, 0) is 23.8 Å². The SMILES string of the molecule is CC1=Cc2c(-c3ccccc3)cccc2[CH]1[Zr]([CH3])([CH3])(=[SiH2])[C]1=Cc2ccccc2C1.Cl.Cl. The third-order valence-corrected chi connectivity index (χ3v) is 24.6. The molecule has 0 saturated heterocycles. The molecule has 0 bridgehead atoms. The van der Waals surface area contributed by atoms with Crippen LogP contribution in [0, 0.1) is 0 Å². The van der Waals surface area contributed by atoms with E-state index in [2.05, 4.69) is 108 Å². The number of halogens is 2. The second kappa shape index (κ2) is 8.64. The van der Waals surface area contributed by atoms with E-state index in [1.165, 1.54) is 27.8 Å². The van der Waals surface area contributed by atoms with Crippen LogP contribution in [0.15, 0.2) is 81.7 Å². The summed E-state index contributed by atoms with van der Waals surface area (Å²) >= 11 is -3.23. The van der Waals surface area contributed by atoms with Crippen LogP contribution in [-0.4, -0.2) is 6.88 Å². The monoisotopic (exact) mass is 542 g/mol. The predicted molar refractivity (Wildman–Crippen MR) is 141 cm³/mol. The molecule has 5 rings (SSSR count). The van der Waals surface area contributed by atoms with Crippen molar-refractivity contribution in [2.45, 2.75) is 26.2 Å². The summed E-state index contributed by atoms with van der Waals surface area (Å²) < 4.78 is 7.68. The Morgan fingerprint density at radius 2 is 1.48 bits per heavy atom. The Bertz CT molecular complexity index is 1270. The number of hydrogen-bond acceptors (Lipinski definition) is 0. The van der Waals surface area contributed by atoms with Crippen LogP contribution in [0.5, 0.6) is 0 Å². The van der Waals surface area contributed by atoms with E-state index in [-0.39, 0.29) is 24.8 Å². The van der Waals surface area contributed by atoms with Gasteiger partial charge in [-0.25, -0.2) is 0 Å². The van der Waals surface area contributed by atoms with E-state index in [9.17, 15) is 0 Å². The number of benzene rings is 3. The minimum Gasteiger partial charge on any atom is -0.147 e. The molecule has 0 spiro atoms. The van der Waals surface area contributed by atoms with Crippen molar-refractivity contribution in [1.82, 2.24) is 0 Å². The van der Waals surface area contributed by atoms with Crippen LogP contribution in [0.4, 0.5) is 0 Å². The number of rotatable bonds is 3. The van der Waals surface area contributed by atoms with Gasteiger partial charge in [-0.3, -0.25) is 0 Å². The standard InChI is InChI=1S/C16H13.C9H7.2CH3.2ClH.H2Si.Zr/c1-12-10-14-8-5-9-15(16(14)11-12)13-6-3-2-4-7-13;1-2-5-9-7-3-6-8(9)4-1;;;;;;/h2-11H,1H3;1-2,4-6H,7H2;2*1H3;2*1H;1H2;. The fourth-order valence-corrected chi connectivity index (χ4v) is 21.4. The van der Waals surface area contributed by atoms with E-state index in [0.717, 1.165) is 6.42 Å². The van der Waals surface area contributed by atoms with Crippen LogP contribution in [0.25, 0.3) is 23.3 Å². The topological polar surface area (TPSA) is 0 Å². The largest absolute Gasteiger partial charge is 0.147 e. The summed E-state index contributed by atoms with van der Waals surface area (Å²) in [6.45, 7) is 4.76. The zero-order valence-electron chi connectivity index (χ0n) is 18.4. The van der Waals surface area contributed by atoms with Gasteiger partial charge in [-0.2, -0.15) is 0 Å². The molecule has 0 radical (unpaired) electrons. The van der Waals surface area contributed by atoms with E-state index in [1.54, 1.807) is 14.4 Å². The molecule has 0 nitrogen and oxygen atoms in total. The molecule has 0 aromatic heterocycles. The van der Waals surface area contributed by atoms with Crippen molar-refractivity contribution in [1.29, 1.82) is 0 Å². The van der Waals surface area contributed by atoms with Crippen LogP contribution in [0.2, 0.25) is 9.26 Å². The molecule has 0 aliphatic heterocycles. The molecular weight excluding hydrogens is 515 g/mol. The van der Waals surface area contributed by atoms with Crippen molar-refractivity contribution in [2.24, 2.45) is 0 Å². The van der Waals surface area contributed by atoms with Gasteiger partial charge >= 0.3 is 178 Å². The smallest absolute Gasteiger partial charge is 0.147 e. The van der Waals surface area contributed by atoms with Crippen LogP contribution < -0.4 is 0 Å². The minimum atomic E-state index is -3.23. The normalized spacial score (nSPS) is 17.0. The molecule has 160 valence electrons. The molecule has 1 unspecified atom stereocenters. The molecule has 3 aromatic rings. The first-order valence-corrected chi connectivity index (χ1v) is 24.0. The minimum absolute atomic E-state index is 0. The molecule has 0 amide bonds. The van der Waals surface area contributed by atoms with E-state index < -0.39 is 17.4 Å². The van der Waals surface area contributed by atoms with Gasteiger partial charge in [0, 0.05) is 0 Å². The van der Waals surface area contributed by atoms with Crippen molar-refractivity contribution < 1.29 is 17.4 Å². The van der Waals surface area contributed by atoms with Crippen molar-refractivity contribution in [3.05, 3.63) is 104 Å². The fourth-order valence-electron chi connectivity index (χ4n) is 5.64. The Morgan fingerprint density at radius 3 is 2.19 bits per heavy atom. The molecular formula is C27H30Cl2SiZr. The Morgan fingerprint density at radius 1 is 0.806 bits per heavy atom. The molecule has 1 atom stereocenters. The van der Waals surface area contributed by atoms with Gasteiger partial charge in [-0.05, 0) is 0 Å². The summed E-state index contributed by atoms with van der Waals surface area (Å²) in [5.74, 6) is 0. The summed E-state index contributed by atoms with van der Waals surface area (Å²) in [5, 5.41) is 0. The number of allylic oxidation sites excluding steroid dienone is 2. The molecule has 0 saturated carbocycles. The van der Waals surface area contributed by atoms with Gasteiger partial charge in [0.05, 0.1) is 0 Å². The second-order valence-corrected chi connectivity index (χ2v) is 39.5. The maximum Gasteiger partial charge on any atom is -0.147 e. The van der Waals surface area contributed by atoms with Gasteiger partial charge in [-0.1, -0.05) is 0 Å². The third kappa shape index (κ3) is 4.02. The van der Waals surface area contributed by atoms with Crippen LogP contribution in [0.3, 0.4) is 0 Å². The Hall–Kier alpha value is -1.18. The quantitative estimate of drug-likeness (QED) is 0.298. The zero-order chi connectivity index (χ0) is 20.2. The average molecular weight is 545 g/mol. The molecule has 0 fully saturated rings. The van der Waals surface area contributed by atoms with Gasteiger partial charge in [0.25, 0.3) is 0 Å². The fraction of sp³-hybridized carbons (Fsp3) is 0.185. The molecule has 3 aromatic carbocycles. The van der Waals surface area contributed by atoms with Crippen LogP contribution in [0.1, 0.15) is 32.8 Å². The Kier molecular flexibility index (Phi) is 6.82. The Balaban J connectivity index is 0.00000136. The van der Waals surface area contributed by atoms with Gasteiger partial charge < -0.3 is 0 Å². The van der Waals surface area contributed by atoms with E-state index in [0.29, 0.717) is 3.63 Å². The maximum atomic E-state index is 2.67. The number of hydrogen-bond donors (Lipinski definition) is 0. The predicted octanol–water partition coefficient (Wildman–Crippen LogP) is 7.59. The molecule has 2 aliphatic carbocycles. The molecule has 31 heavy (non-hydrogen) atoms. The van der Waals surface area contributed by atoms with E-state index in [4.69, 9.17) is 0 Å². The number of fused-ring (bicyclic) bond motifs is 2. The van der Waals surface area contributed by atoms with E-state index >= 15 is 0 Å². The molecule has 4 heteroatoms. The third-order valence-electron chi connectivity index (χ3n) is 7.11. The van der Waals surface area contributed by atoms with Gasteiger partial charge in [-0.15, -0.1) is 24.8 Å². The molecule has 0 N–H and O–H groups in total. The Labute approximate surface area is 201 Å². The summed E-state index contributed by atoms with van der Waals surface area (Å²) in [4.78, 5) is 0. The summed E-state index contributed by atoms with van der Waals surface area (Å²) in [7, 11) is 0. The summed E-state index contributed by atoms with van der Waals surface area (Å²) in [6.07, 6.45) is 6.18.